The summed E-state index contributed by atoms with van der Waals surface area (Å²) in [5, 5.41) is 3.13. The smallest absolute Gasteiger partial charge is 0.223 e. The third-order valence-corrected chi connectivity index (χ3v) is 3.13. The fourth-order valence-corrected chi connectivity index (χ4v) is 2.21. The molecule has 1 fully saturated rings. The molecule has 0 radical (unpaired) electrons. The molecule has 0 aromatic heterocycles. The first-order valence-corrected chi connectivity index (χ1v) is 6.48. The first kappa shape index (κ1) is 14.5. The van der Waals surface area contributed by atoms with Crippen LogP contribution in [0.4, 0.5) is 0 Å². The van der Waals surface area contributed by atoms with Gasteiger partial charge in [-0.3, -0.25) is 9.79 Å². The number of amidine groups is 1. The number of aliphatic imine (C=N–C) groups is 1. The van der Waals surface area contributed by atoms with E-state index in [2.05, 4.69) is 23.5 Å². The number of rotatable bonds is 5. The lowest BCUT2D eigenvalue weighted by Crippen LogP contribution is -2.45. The zero-order chi connectivity index (χ0) is 13.5. The molecule has 4 nitrogen and oxygen atoms in total. The van der Waals surface area contributed by atoms with Gasteiger partial charge in [-0.05, 0) is 25.3 Å². The molecule has 0 aromatic carbocycles. The number of allylic oxidation sites excluding steroid dienone is 1. The van der Waals surface area contributed by atoms with Gasteiger partial charge in [-0.2, -0.15) is 0 Å². The maximum Gasteiger partial charge on any atom is 0.223 e. The fraction of sp³-hybridized carbons (Fsp3) is 0.571. The highest BCUT2D eigenvalue weighted by Crippen LogP contribution is 2.19. The van der Waals surface area contributed by atoms with Gasteiger partial charge in [0.05, 0.1) is 6.04 Å². The minimum absolute atomic E-state index is 0.0609. The van der Waals surface area contributed by atoms with Crippen LogP contribution in [0.25, 0.3) is 0 Å². The van der Waals surface area contributed by atoms with Gasteiger partial charge in [-0.1, -0.05) is 20.1 Å². The van der Waals surface area contributed by atoms with E-state index >= 15 is 0 Å². The van der Waals surface area contributed by atoms with Crippen LogP contribution in [0.3, 0.4) is 0 Å². The summed E-state index contributed by atoms with van der Waals surface area (Å²) in [4.78, 5) is 18.2. The SMILES string of the molecule is C=CC(=C)NC(=NC)C1CCCN1C(=O)CCC. The lowest BCUT2D eigenvalue weighted by Gasteiger charge is -2.26. The van der Waals surface area contributed by atoms with E-state index in [0.717, 1.165) is 31.6 Å². The third kappa shape index (κ3) is 3.45. The average molecular weight is 249 g/mol. The van der Waals surface area contributed by atoms with E-state index in [-0.39, 0.29) is 11.9 Å². The van der Waals surface area contributed by atoms with E-state index in [1.54, 1.807) is 13.1 Å². The van der Waals surface area contributed by atoms with Gasteiger partial charge < -0.3 is 10.2 Å². The van der Waals surface area contributed by atoms with E-state index in [4.69, 9.17) is 0 Å². The molecular formula is C14H23N3O. The summed E-state index contributed by atoms with van der Waals surface area (Å²) in [6.07, 6.45) is 5.13. The highest BCUT2D eigenvalue weighted by Gasteiger charge is 2.31. The van der Waals surface area contributed by atoms with Crippen LogP contribution in [-0.4, -0.2) is 36.3 Å². The van der Waals surface area contributed by atoms with Crippen molar-refractivity contribution in [3.05, 3.63) is 24.9 Å². The second-order valence-electron chi connectivity index (χ2n) is 4.46. The van der Waals surface area contributed by atoms with Crippen molar-refractivity contribution in [2.24, 2.45) is 4.99 Å². The highest BCUT2D eigenvalue weighted by atomic mass is 16.2. The lowest BCUT2D eigenvalue weighted by atomic mass is 10.2. The zero-order valence-electron chi connectivity index (χ0n) is 11.4. The van der Waals surface area contributed by atoms with E-state index < -0.39 is 0 Å². The molecule has 4 heteroatoms. The van der Waals surface area contributed by atoms with Crippen molar-refractivity contribution in [1.29, 1.82) is 0 Å². The van der Waals surface area contributed by atoms with Crippen LogP contribution in [-0.2, 0) is 4.79 Å². The summed E-state index contributed by atoms with van der Waals surface area (Å²) < 4.78 is 0. The number of likely N-dealkylation sites (tertiary alicyclic amines) is 1. The summed E-state index contributed by atoms with van der Waals surface area (Å²) >= 11 is 0. The first-order chi connectivity index (χ1) is 8.63. The molecule has 1 atom stereocenters. The number of amides is 1. The Kier molecular flexibility index (Phi) is 5.62. The molecule has 0 aliphatic carbocycles. The van der Waals surface area contributed by atoms with Gasteiger partial charge in [0.15, 0.2) is 0 Å². The molecule has 1 saturated heterocycles. The number of carbonyl (C=O) groups excluding carboxylic acids is 1. The summed E-state index contributed by atoms with van der Waals surface area (Å²) in [5.74, 6) is 1.02. The second kappa shape index (κ2) is 6.99. The molecule has 100 valence electrons. The topological polar surface area (TPSA) is 44.7 Å². The number of carbonyl (C=O) groups is 1. The highest BCUT2D eigenvalue weighted by molar-refractivity contribution is 5.93. The standard InChI is InChI=1S/C14H23N3O/c1-5-8-13(18)17-10-7-9-12(17)14(15-4)16-11(3)6-2/h6,12H,2-3,5,7-10H2,1,4H3,(H,15,16). The van der Waals surface area contributed by atoms with Crippen LogP contribution in [0, 0.1) is 0 Å². The van der Waals surface area contributed by atoms with Crippen LogP contribution in [0.2, 0.25) is 0 Å². The van der Waals surface area contributed by atoms with Crippen molar-refractivity contribution in [3.63, 3.8) is 0 Å². The van der Waals surface area contributed by atoms with E-state index in [1.165, 1.54) is 0 Å². The van der Waals surface area contributed by atoms with Crippen LogP contribution in [0.15, 0.2) is 29.9 Å². The van der Waals surface area contributed by atoms with Crippen molar-refractivity contribution in [2.45, 2.75) is 38.6 Å². The predicted molar refractivity (Wildman–Crippen MR) is 75.5 cm³/mol. The quantitative estimate of drug-likeness (QED) is 0.461. The Labute approximate surface area is 109 Å². The minimum Gasteiger partial charge on any atom is -0.343 e. The molecule has 1 aliphatic rings. The fourth-order valence-electron chi connectivity index (χ4n) is 2.21. The molecule has 0 aromatic rings. The zero-order valence-corrected chi connectivity index (χ0v) is 11.4. The van der Waals surface area contributed by atoms with Crippen LogP contribution in [0.1, 0.15) is 32.6 Å². The largest absolute Gasteiger partial charge is 0.343 e. The molecule has 1 heterocycles. The molecule has 0 bridgehead atoms. The second-order valence-corrected chi connectivity index (χ2v) is 4.46. The maximum atomic E-state index is 12.0. The number of hydrogen-bond acceptors (Lipinski definition) is 2. The maximum absolute atomic E-state index is 12.0. The van der Waals surface area contributed by atoms with E-state index in [9.17, 15) is 4.79 Å². The van der Waals surface area contributed by atoms with Crippen LogP contribution in [0.5, 0.6) is 0 Å². The Balaban J connectivity index is 2.75. The molecule has 18 heavy (non-hydrogen) atoms. The molecule has 1 rings (SSSR count). The Morgan fingerprint density at radius 2 is 2.33 bits per heavy atom. The normalized spacial score (nSPS) is 19.8. The van der Waals surface area contributed by atoms with Gasteiger partial charge >= 0.3 is 0 Å². The van der Waals surface area contributed by atoms with Gasteiger partial charge in [0.1, 0.15) is 5.84 Å². The van der Waals surface area contributed by atoms with Crippen LogP contribution >= 0.6 is 0 Å². The van der Waals surface area contributed by atoms with Crippen molar-refractivity contribution in [3.8, 4) is 0 Å². The monoisotopic (exact) mass is 249 g/mol. The Morgan fingerprint density at radius 1 is 1.61 bits per heavy atom. The Morgan fingerprint density at radius 3 is 2.89 bits per heavy atom. The van der Waals surface area contributed by atoms with Crippen molar-refractivity contribution < 1.29 is 4.79 Å². The third-order valence-electron chi connectivity index (χ3n) is 3.13. The van der Waals surface area contributed by atoms with Crippen molar-refractivity contribution in [1.82, 2.24) is 10.2 Å². The van der Waals surface area contributed by atoms with Crippen LogP contribution < -0.4 is 5.32 Å². The summed E-state index contributed by atoms with van der Waals surface area (Å²) in [6, 6.07) is 0.0609. The van der Waals surface area contributed by atoms with Gasteiger partial charge in [-0.15, -0.1) is 0 Å². The van der Waals surface area contributed by atoms with Gasteiger partial charge in [0.2, 0.25) is 5.91 Å². The molecule has 1 unspecified atom stereocenters. The minimum atomic E-state index is 0.0609. The number of hydrogen-bond donors (Lipinski definition) is 1. The summed E-state index contributed by atoms with van der Waals surface area (Å²) in [5.41, 5.74) is 0.713. The molecular weight excluding hydrogens is 226 g/mol. The molecule has 0 saturated carbocycles. The van der Waals surface area contributed by atoms with Gasteiger partial charge in [0.25, 0.3) is 0 Å². The number of nitrogens with one attached hydrogen (secondary N) is 1. The number of nitrogens with zero attached hydrogens (tertiary/aromatic N) is 2. The average Bonchev–Trinajstić information content (AvgIpc) is 2.84. The Bertz CT molecular complexity index is 360. The van der Waals surface area contributed by atoms with Crippen molar-refractivity contribution in [2.75, 3.05) is 13.6 Å². The van der Waals surface area contributed by atoms with E-state index in [0.29, 0.717) is 12.1 Å². The molecule has 1 amide bonds. The van der Waals surface area contributed by atoms with Gasteiger partial charge in [0, 0.05) is 25.7 Å². The van der Waals surface area contributed by atoms with Gasteiger partial charge in [-0.25, -0.2) is 0 Å². The Hall–Kier alpha value is -1.58. The predicted octanol–water partition coefficient (Wildman–Crippen LogP) is 2.10. The van der Waals surface area contributed by atoms with Crippen molar-refractivity contribution >= 4 is 11.7 Å². The lowest BCUT2D eigenvalue weighted by molar-refractivity contribution is -0.131. The summed E-state index contributed by atoms with van der Waals surface area (Å²) in [7, 11) is 1.74. The molecule has 1 N–H and O–H groups in total. The summed E-state index contributed by atoms with van der Waals surface area (Å²) in [6.45, 7) is 10.3. The van der Waals surface area contributed by atoms with E-state index in [1.807, 2.05) is 11.8 Å². The molecule has 0 spiro atoms. The molecule has 1 aliphatic heterocycles. The first-order valence-electron chi connectivity index (χ1n) is 6.48.